The molecule has 2 aromatic rings. The molecule has 0 aromatic heterocycles. The number of hydrogen-bond acceptors (Lipinski definition) is 2. The van der Waals surface area contributed by atoms with Gasteiger partial charge in [-0.25, -0.2) is 4.79 Å². The Balaban J connectivity index is 0.000000172. The number of carbonyl (C=O) groups is 1. The minimum atomic E-state index is -0.879. The van der Waals surface area contributed by atoms with Crippen LogP contribution in [0.5, 0.6) is 0 Å². The van der Waals surface area contributed by atoms with E-state index in [1.54, 1.807) is 30.3 Å². The van der Waals surface area contributed by atoms with Gasteiger partial charge in [0.15, 0.2) is 0 Å². The van der Waals surface area contributed by atoms with E-state index in [0.29, 0.717) is 11.5 Å². The molecule has 3 heteroatoms. The molecule has 22 heavy (non-hydrogen) atoms. The highest BCUT2D eigenvalue weighted by atomic mass is 16.4. The first-order chi connectivity index (χ1) is 10.7. The Hall–Kier alpha value is -2.13. The maximum absolute atomic E-state index is 10.2. The highest BCUT2D eigenvalue weighted by Crippen LogP contribution is 2.32. The van der Waals surface area contributed by atoms with Crippen molar-refractivity contribution < 1.29 is 15.0 Å². The number of carboxylic acid groups (broad SMARTS) is 1. The average molecular weight is 298 g/mol. The van der Waals surface area contributed by atoms with Crippen LogP contribution in [0.2, 0.25) is 0 Å². The molecule has 0 saturated heterocycles. The highest BCUT2D eigenvalue weighted by molar-refractivity contribution is 5.87. The van der Waals surface area contributed by atoms with Crippen LogP contribution in [0.3, 0.4) is 0 Å². The first-order valence-corrected chi connectivity index (χ1v) is 7.70. The lowest BCUT2D eigenvalue weighted by molar-refractivity contribution is 0.0697. The second-order valence-corrected chi connectivity index (χ2v) is 5.54. The molecule has 0 unspecified atom stereocenters. The third-order valence-electron chi connectivity index (χ3n) is 3.98. The van der Waals surface area contributed by atoms with Gasteiger partial charge >= 0.3 is 5.97 Å². The van der Waals surface area contributed by atoms with Crippen LogP contribution >= 0.6 is 0 Å². The minimum absolute atomic E-state index is 0.115. The van der Waals surface area contributed by atoms with Crippen LogP contribution in [0.25, 0.3) is 0 Å². The van der Waals surface area contributed by atoms with Crippen molar-refractivity contribution in [1.29, 1.82) is 0 Å². The average Bonchev–Trinajstić information content (AvgIpc) is 2.57. The van der Waals surface area contributed by atoms with E-state index in [1.165, 1.54) is 18.4 Å². The van der Waals surface area contributed by atoms with Gasteiger partial charge in [-0.3, -0.25) is 0 Å². The second-order valence-electron chi connectivity index (χ2n) is 5.54. The Morgan fingerprint density at radius 2 is 1.41 bits per heavy atom. The molecule has 0 heterocycles. The predicted octanol–water partition coefficient (Wildman–Crippen LogP) is 4.09. The number of aliphatic hydroxyl groups excluding tert-OH is 1. The summed E-state index contributed by atoms with van der Waals surface area (Å²) in [4.78, 5) is 10.2. The molecule has 1 saturated carbocycles. The Morgan fingerprint density at radius 1 is 0.864 bits per heavy atom. The van der Waals surface area contributed by atoms with E-state index < -0.39 is 5.97 Å². The Bertz CT molecular complexity index is 566. The number of aromatic carboxylic acids is 1. The van der Waals surface area contributed by atoms with Crippen LogP contribution < -0.4 is 0 Å². The molecule has 2 aromatic carbocycles. The standard InChI is InChI=1S/C12H16O.C7H6O2/c13-12-9-5-4-8-11(12)10-6-2-1-3-7-10;8-7(9)6-4-2-1-3-5-6/h1-3,6-7,11-13H,4-5,8-9H2;1-5H,(H,8,9)/t11-,12+;/m0./s1. The van der Waals surface area contributed by atoms with Gasteiger partial charge in [-0.05, 0) is 30.5 Å². The number of carboxylic acids is 1. The van der Waals surface area contributed by atoms with Crippen molar-refractivity contribution >= 4 is 5.97 Å². The van der Waals surface area contributed by atoms with E-state index in [0.717, 1.165) is 12.8 Å². The van der Waals surface area contributed by atoms with Crippen LogP contribution in [-0.4, -0.2) is 22.3 Å². The van der Waals surface area contributed by atoms with Gasteiger partial charge in [0.2, 0.25) is 0 Å². The van der Waals surface area contributed by atoms with Gasteiger partial charge in [0.05, 0.1) is 11.7 Å². The number of benzene rings is 2. The molecular formula is C19H22O3. The van der Waals surface area contributed by atoms with Gasteiger partial charge in [0.1, 0.15) is 0 Å². The topological polar surface area (TPSA) is 57.5 Å². The van der Waals surface area contributed by atoms with Crippen molar-refractivity contribution in [3.63, 3.8) is 0 Å². The lowest BCUT2D eigenvalue weighted by atomic mass is 9.82. The van der Waals surface area contributed by atoms with Gasteiger partial charge in [-0.1, -0.05) is 61.4 Å². The lowest BCUT2D eigenvalue weighted by Crippen LogP contribution is -2.22. The normalized spacial score (nSPS) is 20.6. The summed E-state index contributed by atoms with van der Waals surface area (Å²) in [5.41, 5.74) is 1.63. The van der Waals surface area contributed by atoms with Crippen LogP contribution in [0.15, 0.2) is 60.7 Å². The molecule has 1 aliphatic carbocycles. The van der Waals surface area contributed by atoms with Crippen molar-refractivity contribution in [2.45, 2.75) is 37.7 Å². The molecule has 0 radical (unpaired) electrons. The third-order valence-corrected chi connectivity index (χ3v) is 3.98. The quantitative estimate of drug-likeness (QED) is 0.878. The fraction of sp³-hybridized carbons (Fsp3) is 0.316. The van der Waals surface area contributed by atoms with Gasteiger partial charge < -0.3 is 10.2 Å². The van der Waals surface area contributed by atoms with E-state index in [-0.39, 0.29) is 6.10 Å². The van der Waals surface area contributed by atoms with Gasteiger partial charge in [-0.15, -0.1) is 0 Å². The van der Waals surface area contributed by atoms with E-state index >= 15 is 0 Å². The largest absolute Gasteiger partial charge is 0.478 e. The van der Waals surface area contributed by atoms with Crippen molar-refractivity contribution in [2.75, 3.05) is 0 Å². The van der Waals surface area contributed by atoms with Crippen LogP contribution in [0, 0.1) is 0 Å². The summed E-state index contributed by atoms with van der Waals surface area (Å²) in [5.74, 6) is -0.495. The van der Waals surface area contributed by atoms with Crippen molar-refractivity contribution in [2.24, 2.45) is 0 Å². The van der Waals surface area contributed by atoms with E-state index in [9.17, 15) is 9.90 Å². The Morgan fingerprint density at radius 3 is 1.91 bits per heavy atom. The predicted molar refractivity (Wildman–Crippen MR) is 87.1 cm³/mol. The number of aliphatic hydroxyl groups is 1. The smallest absolute Gasteiger partial charge is 0.335 e. The second kappa shape index (κ2) is 8.35. The molecule has 3 nitrogen and oxygen atoms in total. The zero-order valence-electron chi connectivity index (χ0n) is 12.6. The van der Waals surface area contributed by atoms with Crippen LogP contribution in [0.1, 0.15) is 47.5 Å². The van der Waals surface area contributed by atoms with Gasteiger partial charge in [0, 0.05) is 5.92 Å². The Kier molecular flexibility index (Phi) is 6.16. The Labute approximate surface area is 131 Å². The van der Waals surface area contributed by atoms with Gasteiger partial charge in [0.25, 0.3) is 0 Å². The third kappa shape index (κ3) is 4.71. The molecule has 1 fully saturated rings. The maximum atomic E-state index is 10.2. The van der Waals surface area contributed by atoms with E-state index in [1.807, 2.05) is 6.07 Å². The van der Waals surface area contributed by atoms with Crippen molar-refractivity contribution in [1.82, 2.24) is 0 Å². The molecule has 0 aliphatic heterocycles. The SMILES string of the molecule is O=C(O)c1ccccc1.O[C@@H]1CCCC[C@H]1c1ccccc1. The molecule has 2 atom stereocenters. The maximum Gasteiger partial charge on any atom is 0.335 e. The summed E-state index contributed by atoms with van der Waals surface area (Å²) in [6.07, 6.45) is 4.45. The van der Waals surface area contributed by atoms with Crippen molar-refractivity contribution in [3.05, 3.63) is 71.8 Å². The monoisotopic (exact) mass is 298 g/mol. The molecule has 2 N–H and O–H groups in total. The van der Waals surface area contributed by atoms with E-state index in [2.05, 4.69) is 24.3 Å². The molecule has 0 bridgehead atoms. The van der Waals surface area contributed by atoms with Crippen LogP contribution in [-0.2, 0) is 0 Å². The lowest BCUT2D eigenvalue weighted by Gasteiger charge is -2.27. The summed E-state index contributed by atoms with van der Waals surface area (Å²) in [6, 6.07) is 18.7. The van der Waals surface area contributed by atoms with Crippen molar-refractivity contribution in [3.8, 4) is 0 Å². The summed E-state index contributed by atoms with van der Waals surface area (Å²) < 4.78 is 0. The van der Waals surface area contributed by atoms with Gasteiger partial charge in [-0.2, -0.15) is 0 Å². The minimum Gasteiger partial charge on any atom is -0.478 e. The summed E-state index contributed by atoms with van der Waals surface area (Å²) in [5, 5.41) is 18.2. The molecule has 116 valence electrons. The first-order valence-electron chi connectivity index (χ1n) is 7.70. The molecular weight excluding hydrogens is 276 g/mol. The molecule has 1 aliphatic rings. The fourth-order valence-electron chi connectivity index (χ4n) is 2.78. The molecule has 0 spiro atoms. The summed E-state index contributed by atoms with van der Waals surface area (Å²) in [6.45, 7) is 0. The number of rotatable bonds is 2. The highest BCUT2D eigenvalue weighted by Gasteiger charge is 2.23. The molecule has 0 amide bonds. The fourth-order valence-corrected chi connectivity index (χ4v) is 2.78. The summed E-state index contributed by atoms with van der Waals surface area (Å²) >= 11 is 0. The first kappa shape index (κ1) is 16.2. The van der Waals surface area contributed by atoms with E-state index in [4.69, 9.17) is 5.11 Å². The zero-order chi connectivity index (χ0) is 15.8. The number of hydrogen-bond donors (Lipinski definition) is 2. The summed E-state index contributed by atoms with van der Waals surface area (Å²) in [7, 11) is 0. The zero-order valence-corrected chi connectivity index (χ0v) is 12.6. The van der Waals surface area contributed by atoms with Crippen LogP contribution in [0.4, 0.5) is 0 Å². The molecule has 3 rings (SSSR count).